The maximum Gasteiger partial charge on any atom is 0.220 e. The lowest BCUT2D eigenvalue weighted by Gasteiger charge is -2.13. The fourth-order valence-electron chi connectivity index (χ4n) is 2.35. The van der Waals surface area contributed by atoms with E-state index in [-0.39, 0.29) is 5.91 Å². The number of nitrogens with one attached hydrogen (secondary N) is 1. The van der Waals surface area contributed by atoms with E-state index in [1.807, 2.05) is 30.3 Å². The van der Waals surface area contributed by atoms with Crippen molar-refractivity contribution in [1.29, 1.82) is 0 Å². The molecule has 1 amide bonds. The van der Waals surface area contributed by atoms with Crippen molar-refractivity contribution in [2.45, 2.75) is 32.2 Å². The summed E-state index contributed by atoms with van der Waals surface area (Å²) in [6.07, 6.45) is 4.25. The van der Waals surface area contributed by atoms with Crippen LogP contribution >= 0.6 is 0 Å². The highest BCUT2D eigenvalue weighted by atomic mass is 16.1. The molecule has 3 nitrogen and oxygen atoms in total. The molecule has 0 atom stereocenters. The lowest BCUT2D eigenvalue weighted by Crippen LogP contribution is -2.25. The van der Waals surface area contributed by atoms with E-state index in [1.54, 1.807) is 0 Å². The number of hydrogen-bond donors (Lipinski definition) is 1. The quantitative estimate of drug-likeness (QED) is 0.834. The first-order chi connectivity index (χ1) is 8.84. The van der Waals surface area contributed by atoms with Gasteiger partial charge in [0, 0.05) is 13.0 Å². The molecule has 1 aliphatic heterocycles. The Labute approximate surface area is 109 Å². The molecule has 1 aromatic rings. The van der Waals surface area contributed by atoms with Crippen LogP contribution in [0, 0.1) is 0 Å². The van der Waals surface area contributed by atoms with Crippen LogP contribution in [0.5, 0.6) is 0 Å². The molecule has 3 heteroatoms. The van der Waals surface area contributed by atoms with Gasteiger partial charge in [-0.15, -0.1) is 0 Å². The summed E-state index contributed by atoms with van der Waals surface area (Å²) < 4.78 is 0. The van der Waals surface area contributed by atoms with Crippen LogP contribution in [0.25, 0.3) is 0 Å². The highest BCUT2D eigenvalue weighted by Crippen LogP contribution is 2.08. The van der Waals surface area contributed by atoms with Gasteiger partial charge >= 0.3 is 0 Å². The molecule has 1 saturated heterocycles. The van der Waals surface area contributed by atoms with Gasteiger partial charge in [-0.1, -0.05) is 30.3 Å². The Morgan fingerprint density at radius 3 is 2.61 bits per heavy atom. The molecule has 0 radical (unpaired) electrons. The molecule has 18 heavy (non-hydrogen) atoms. The molecule has 0 spiro atoms. The van der Waals surface area contributed by atoms with E-state index in [9.17, 15) is 4.79 Å². The van der Waals surface area contributed by atoms with Gasteiger partial charge in [-0.3, -0.25) is 4.79 Å². The fourth-order valence-corrected chi connectivity index (χ4v) is 2.35. The number of carbonyl (C=O) groups is 1. The molecule has 98 valence electrons. The van der Waals surface area contributed by atoms with Crippen molar-refractivity contribution >= 4 is 5.91 Å². The van der Waals surface area contributed by atoms with E-state index in [4.69, 9.17) is 0 Å². The zero-order chi connectivity index (χ0) is 12.6. The zero-order valence-electron chi connectivity index (χ0n) is 10.9. The van der Waals surface area contributed by atoms with Crippen LogP contribution in [0.2, 0.25) is 0 Å². The fraction of sp³-hybridized carbons (Fsp3) is 0.533. The average Bonchev–Trinajstić information content (AvgIpc) is 2.91. The van der Waals surface area contributed by atoms with Crippen LogP contribution in [0.15, 0.2) is 30.3 Å². The van der Waals surface area contributed by atoms with Gasteiger partial charge in [-0.2, -0.15) is 0 Å². The summed E-state index contributed by atoms with van der Waals surface area (Å²) in [6, 6.07) is 10.0. The van der Waals surface area contributed by atoms with Crippen molar-refractivity contribution in [2.75, 3.05) is 19.6 Å². The number of nitrogens with zero attached hydrogens (tertiary/aromatic N) is 1. The largest absolute Gasteiger partial charge is 0.352 e. The summed E-state index contributed by atoms with van der Waals surface area (Å²) in [5.74, 6) is 0.165. The van der Waals surface area contributed by atoms with Crippen molar-refractivity contribution in [1.82, 2.24) is 10.2 Å². The topological polar surface area (TPSA) is 32.3 Å². The standard InChI is InChI=1S/C15H22N2O/c18-15(9-6-12-17-10-4-5-11-17)16-13-14-7-2-1-3-8-14/h1-3,7-8H,4-6,9-13H2,(H,16,18). The molecule has 1 heterocycles. The van der Waals surface area contributed by atoms with Crippen LogP contribution in [0.1, 0.15) is 31.2 Å². The number of likely N-dealkylation sites (tertiary alicyclic amines) is 1. The van der Waals surface area contributed by atoms with Gasteiger partial charge in [-0.25, -0.2) is 0 Å². The van der Waals surface area contributed by atoms with Gasteiger partial charge in [-0.05, 0) is 44.5 Å². The summed E-state index contributed by atoms with van der Waals surface area (Å²) in [4.78, 5) is 14.1. The van der Waals surface area contributed by atoms with Gasteiger partial charge in [0.25, 0.3) is 0 Å². The minimum absolute atomic E-state index is 0.165. The third kappa shape index (κ3) is 4.49. The first-order valence-electron chi connectivity index (χ1n) is 6.87. The molecule has 0 bridgehead atoms. The number of carbonyl (C=O) groups excluding carboxylic acids is 1. The molecule has 0 aromatic heterocycles. The third-order valence-corrected chi connectivity index (χ3v) is 3.41. The van der Waals surface area contributed by atoms with Crippen molar-refractivity contribution < 1.29 is 4.79 Å². The summed E-state index contributed by atoms with van der Waals surface area (Å²) in [5.41, 5.74) is 1.16. The molecule has 0 aliphatic carbocycles. The number of rotatable bonds is 6. The first kappa shape index (κ1) is 13.1. The molecule has 1 aliphatic rings. The first-order valence-corrected chi connectivity index (χ1v) is 6.87. The van der Waals surface area contributed by atoms with Crippen LogP contribution < -0.4 is 5.32 Å². The van der Waals surface area contributed by atoms with Gasteiger partial charge in [0.1, 0.15) is 0 Å². The van der Waals surface area contributed by atoms with Crippen molar-refractivity contribution in [3.63, 3.8) is 0 Å². The smallest absolute Gasteiger partial charge is 0.220 e. The zero-order valence-corrected chi connectivity index (χ0v) is 10.9. The summed E-state index contributed by atoms with van der Waals surface area (Å²) >= 11 is 0. The minimum atomic E-state index is 0.165. The Balaban J connectivity index is 1.57. The normalized spacial score (nSPS) is 15.8. The molecular formula is C15H22N2O. The molecule has 0 saturated carbocycles. The molecule has 1 N–H and O–H groups in total. The van der Waals surface area contributed by atoms with Gasteiger partial charge in [0.15, 0.2) is 0 Å². The number of benzene rings is 1. The predicted octanol–water partition coefficient (Wildman–Crippen LogP) is 2.18. The maximum absolute atomic E-state index is 11.7. The summed E-state index contributed by atoms with van der Waals surface area (Å²) in [5, 5.41) is 2.97. The second-order valence-corrected chi connectivity index (χ2v) is 4.91. The highest BCUT2D eigenvalue weighted by Gasteiger charge is 2.11. The van der Waals surface area contributed by atoms with E-state index >= 15 is 0 Å². The van der Waals surface area contributed by atoms with E-state index in [0.29, 0.717) is 13.0 Å². The summed E-state index contributed by atoms with van der Waals surface area (Å²) in [6.45, 7) is 4.14. The monoisotopic (exact) mass is 246 g/mol. The van der Waals surface area contributed by atoms with Crippen LogP contribution in [-0.4, -0.2) is 30.4 Å². The van der Waals surface area contributed by atoms with Gasteiger partial charge in [0.05, 0.1) is 0 Å². The average molecular weight is 246 g/mol. The van der Waals surface area contributed by atoms with E-state index < -0.39 is 0 Å². The highest BCUT2D eigenvalue weighted by molar-refractivity contribution is 5.75. The number of amides is 1. The Morgan fingerprint density at radius 2 is 1.89 bits per heavy atom. The lowest BCUT2D eigenvalue weighted by atomic mass is 10.2. The Kier molecular flexibility index (Phi) is 5.21. The minimum Gasteiger partial charge on any atom is -0.352 e. The van der Waals surface area contributed by atoms with E-state index in [1.165, 1.54) is 25.9 Å². The molecular weight excluding hydrogens is 224 g/mol. The second kappa shape index (κ2) is 7.17. The van der Waals surface area contributed by atoms with Gasteiger partial charge < -0.3 is 10.2 Å². The van der Waals surface area contributed by atoms with Gasteiger partial charge in [0.2, 0.25) is 5.91 Å². The SMILES string of the molecule is O=C(CCCN1CCCC1)NCc1ccccc1. The molecule has 1 aromatic carbocycles. The number of hydrogen-bond acceptors (Lipinski definition) is 2. The molecule has 2 rings (SSSR count). The Hall–Kier alpha value is -1.35. The van der Waals surface area contributed by atoms with Crippen molar-refractivity contribution in [2.24, 2.45) is 0 Å². The Morgan fingerprint density at radius 1 is 1.17 bits per heavy atom. The van der Waals surface area contributed by atoms with Crippen LogP contribution in [0.4, 0.5) is 0 Å². The maximum atomic E-state index is 11.7. The van der Waals surface area contributed by atoms with Crippen LogP contribution in [0.3, 0.4) is 0 Å². The van der Waals surface area contributed by atoms with Crippen molar-refractivity contribution in [3.05, 3.63) is 35.9 Å². The second-order valence-electron chi connectivity index (χ2n) is 4.91. The predicted molar refractivity (Wildman–Crippen MR) is 73.2 cm³/mol. The molecule has 0 unspecified atom stereocenters. The third-order valence-electron chi connectivity index (χ3n) is 3.41. The summed E-state index contributed by atoms with van der Waals surface area (Å²) in [7, 11) is 0. The lowest BCUT2D eigenvalue weighted by molar-refractivity contribution is -0.121. The van der Waals surface area contributed by atoms with E-state index in [0.717, 1.165) is 18.5 Å². The van der Waals surface area contributed by atoms with E-state index in [2.05, 4.69) is 10.2 Å². The van der Waals surface area contributed by atoms with Crippen molar-refractivity contribution in [3.8, 4) is 0 Å². The molecule has 1 fully saturated rings. The Bertz CT molecular complexity index is 358. The van der Waals surface area contributed by atoms with Crippen LogP contribution in [-0.2, 0) is 11.3 Å².